The first kappa shape index (κ1) is 10.6. The Hall–Kier alpha value is -1.91. The molecule has 0 saturated heterocycles. The smallest absolute Gasteiger partial charge is 0.418 e. The zero-order valence-electron chi connectivity index (χ0n) is 8.08. The van der Waals surface area contributed by atoms with E-state index in [9.17, 15) is 13.2 Å². The Morgan fingerprint density at radius 1 is 1.06 bits per heavy atom. The lowest BCUT2D eigenvalue weighted by molar-refractivity contribution is -0.136. The molecule has 2 nitrogen and oxygen atoms in total. The molecule has 1 aromatic carbocycles. The third kappa shape index (κ3) is 1.88. The van der Waals surface area contributed by atoms with E-state index in [2.05, 4.69) is 0 Å². The summed E-state index contributed by atoms with van der Waals surface area (Å²) in [5.74, 6) is 0. The van der Waals surface area contributed by atoms with Gasteiger partial charge in [0, 0.05) is 11.3 Å². The Morgan fingerprint density at radius 2 is 1.81 bits per heavy atom. The van der Waals surface area contributed by atoms with Gasteiger partial charge in [-0.25, -0.2) is 0 Å². The molecular weight excluding hydrogens is 219 g/mol. The second-order valence-electron chi connectivity index (χ2n) is 3.31. The largest absolute Gasteiger partial charge is 0.472 e. The van der Waals surface area contributed by atoms with Crippen LogP contribution in [0.4, 0.5) is 18.9 Å². The molecule has 1 heterocycles. The molecule has 2 rings (SSSR count). The Kier molecular flexibility index (Phi) is 2.38. The topological polar surface area (TPSA) is 39.2 Å². The summed E-state index contributed by atoms with van der Waals surface area (Å²) >= 11 is 0. The SMILES string of the molecule is Nc1cc(-c2ccoc2)ccc1C(F)(F)F. The monoisotopic (exact) mass is 227 g/mol. The molecule has 0 saturated carbocycles. The predicted molar refractivity (Wildman–Crippen MR) is 53.6 cm³/mol. The van der Waals surface area contributed by atoms with Gasteiger partial charge in [-0.3, -0.25) is 0 Å². The van der Waals surface area contributed by atoms with Crippen molar-refractivity contribution in [3.63, 3.8) is 0 Å². The van der Waals surface area contributed by atoms with Gasteiger partial charge >= 0.3 is 6.18 Å². The Balaban J connectivity index is 2.45. The third-order valence-electron chi connectivity index (χ3n) is 2.21. The highest BCUT2D eigenvalue weighted by atomic mass is 19.4. The zero-order valence-corrected chi connectivity index (χ0v) is 8.08. The standard InChI is InChI=1S/C11H8F3NO/c12-11(13,14)9-2-1-7(5-10(9)15)8-3-4-16-6-8/h1-6H,15H2. The lowest BCUT2D eigenvalue weighted by Crippen LogP contribution is -2.08. The number of hydrogen-bond donors (Lipinski definition) is 1. The van der Waals surface area contributed by atoms with Crippen molar-refractivity contribution in [2.75, 3.05) is 5.73 Å². The van der Waals surface area contributed by atoms with Gasteiger partial charge in [-0.05, 0) is 23.8 Å². The summed E-state index contributed by atoms with van der Waals surface area (Å²) in [5, 5.41) is 0. The van der Waals surface area contributed by atoms with Crippen molar-refractivity contribution in [1.29, 1.82) is 0 Å². The van der Waals surface area contributed by atoms with Crippen LogP contribution in [0.2, 0.25) is 0 Å². The van der Waals surface area contributed by atoms with Crippen LogP contribution in [-0.4, -0.2) is 0 Å². The van der Waals surface area contributed by atoms with Crippen LogP contribution in [0.15, 0.2) is 41.2 Å². The van der Waals surface area contributed by atoms with E-state index in [4.69, 9.17) is 10.2 Å². The van der Waals surface area contributed by atoms with E-state index in [0.717, 1.165) is 6.07 Å². The summed E-state index contributed by atoms with van der Waals surface area (Å²) in [6.45, 7) is 0. The zero-order chi connectivity index (χ0) is 11.8. The first-order valence-corrected chi connectivity index (χ1v) is 4.48. The van der Waals surface area contributed by atoms with Crippen LogP contribution < -0.4 is 5.73 Å². The quantitative estimate of drug-likeness (QED) is 0.756. The molecule has 84 valence electrons. The van der Waals surface area contributed by atoms with Crippen molar-refractivity contribution in [2.24, 2.45) is 0 Å². The van der Waals surface area contributed by atoms with Crippen LogP contribution >= 0.6 is 0 Å². The van der Waals surface area contributed by atoms with Crippen LogP contribution in [0.5, 0.6) is 0 Å². The average molecular weight is 227 g/mol. The molecule has 0 bridgehead atoms. The highest BCUT2D eigenvalue weighted by molar-refractivity contribution is 5.68. The van der Waals surface area contributed by atoms with Gasteiger partial charge in [0.25, 0.3) is 0 Å². The minimum atomic E-state index is -4.42. The van der Waals surface area contributed by atoms with E-state index in [-0.39, 0.29) is 5.69 Å². The van der Waals surface area contributed by atoms with E-state index >= 15 is 0 Å². The molecule has 0 aliphatic carbocycles. The number of benzene rings is 1. The van der Waals surface area contributed by atoms with Gasteiger partial charge in [-0.1, -0.05) is 6.07 Å². The summed E-state index contributed by atoms with van der Waals surface area (Å²) < 4.78 is 42.1. The minimum absolute atomic E-state index is 0.286. The van der Waals surface area contributed by atoms with Crippen molar-refractivity contribution < 1.29 is 17.6 Å². The van der Waals surface area contributed by atoms with Gasteiger partial charge in [0.2, 0.25) is 0 Å². The maximum Gasteiger partial charge on any atom is 0.418 e. The minimum Gasteiger partial charge on any atom is -0.472 e. The van der Waals surface area contributed by atoms with Gasteiger partial charge in [0.15, 0.2) is 0 Å². The fourth-order valence-corrected chi connectivity index (χ4v) is 1.43. The molecule has 2 N–H and O–H groups in total. The van der Waals surface area contributed by atoms with Crippen LogP contribution in [0.1, 0.15) is 5.56 Å². The van der Waals surface area contributed by atoms with Gasteiger partial charge in [0.05, 0.1) is 18.1 Å². The molecule has 5 heteroatoms. The maximum atomic E-state index is 12.4. The number of anilines is 1. The van der Waals surface area contributed by atoms with Crippen LogP contribution in [0, 0.1) is 0 Å². The van der Waals surface area contributed by atoms with Crippen molar-refractivity contribution in [2.45, 2.75) is 6.18 Å². The van der Waals surface area contributed by atoms with E-state index in [1.54, 1.807) is 6.07 Å². The molecule has 0 radical (unpaired) electrons. The molecule has 0 atom stereocenters. The van der Waals surface area contributed by atoms with Crippen molar-refractivity contribution in [3.8, 4) is 11.1 Å². The Bertz CT molecular complexity index is 488. The number of alkyl halides is 3. The van der Waals surface area contributed by atoms with E-state index in [0.29, 0.717) is 11.1 Å². The van der Waals surface area contributed by atoms with Crippen molar-refractivity contribution in [3.05, 3.63) is 42.4 Å². The average Bonchev–Trinajstić information content (AvgIpc) is 2.68. The Morgan fingerprint density at radius 3 is 2.31 bits per heavy atom. The van der Waals surface area contributed by atoms with Crippen molar-refractivity contribution in [1.82, 2.24) is 0 Å². The number of rotatable bonds is 1. The van der Waals surface area contributed by atoms with Crippen molar-refractivity contribution >= 4 is 5.69 Å². The number of hydrogen-bond acceptors (Lipinski definition) is 2. The van der Waals surface area contributed by atoms with Crippen LogP contribution in [0.3, 0.4) is 0 Å². The summed E-state index contributed by atoms with van der Waals surface area (Å²) in [6.07, 6.45) is -1.52. The number of halogens is 3. The van der Waals surface area contributed by atoms with Crippen LogP contribution in [-0.2, 0) is 6.18 Å². The van der Waals surface area contributed by atoms with Crippen LogP contribution in [0.25, 0.3) is 11.1 Å². The highest BCUT2D eigenvalue weighted by Gasteiger charge is 2.32. The summed E-state index contributed by atoms with van der Waals surface area (Å²) in [5.41, 5.74) is 5.55. The Labute approximate surface area is 89.5 Å². The molecule has 1 aromatic heterocycles. The third-order valence-corrected chi connectivity index (χ3v) is 2.21. The molecule has 0 aliphatic rings. The number of nitrogen functional groups attached to an aromatic ring is 1. The first-order chi connectivity index (χ1) is 7.48. The number of furan rings is 1. The van der Waals surface area contributed by atoms with E-state index in [1.165, 1.54) is 24.7 Å². The van der Waals surface area contributed by atoms with E-state index in [1.807, 2.05) is 0 Å². The molecule has 0 fully saturated rings. The fraction of sp³-hybridized carbons (Fsp3) is 0.0909. The molecule has 0 unspecified atom stereocenters. The summed E-state index contributed by atoms with van der Waals surface area (Å²) in [7, 11) is 0. The highest BCUT2D eigenvalue weighted by Crippen LogP contribution is 2.35. The molecule has 0 aliphatic heterocycles. The summed E-state index contributed by atoms with van der Waals surface area (Å²) in [4.78, 5) is 0. The summed E-state index contributed by atoms with van der Waals surface area (Å²) in [6, 6.07) is 5.28. The maximum absolute atomic E-state index is 12.4. The molecule has 0 spiro atoms. The first-order valence-electron chi connectivity index (χ1n) is 4.48. The van der Waals surface area contributed by atoms with Gasteiger partial charge < -0.3 is 10.2 Å². The lowest BCUT2D eigenvalue weighted by atomic mass is 10.0. The molecule has 2 aromatic rings. The number of nitrogens with two attached hydrogens (primary N) is 1. The van der Waals surface area contributed by atoms with Gasteiger partial charge in [-0.2, -0.15) is 13.2 Å². The second-order valence-corrected chi connectivity index (χ2v) is 3.31. The second kappa shape index (κ2) is 3.59. The fourth-order valence-electron chi connectivity index (χ4n) is 1.43. The molecule has 16 heavy (non-hydrogen) atoms. The molecule has 0 amide bonds. The van der Waals surface area contributed by atoms with Gasteiger partial charge in [0.1, 0.15) is 0 Å². The normalized spacial score (nSPS) is 11.7. The molecular formula is C11H8F3NO. The van der Waals surface area contributed by atoms with E-state index < -0.39 is 11.7 Å². The predicted octanol–water partition coefficient (Wildman–Crippen LogP) is 3.55. The van der Waals surface area contributed by atoms with Gasteiger partial charge in [-0.15, -0.1) is 0 Å². The lowest BCUT2D eigenvalue weighted by Gasteiger charge is -2.10.